The Hall–Kier alpha value is 0.160. The van der Waals surface area contributed by atoms with E-state index in [9.17, 15) is 8.42 Å². The van der Waals surface area contributed by atoms with E-state index in [4.69, 9.17) is 5.73 Å². The Balaban J connectivity index is 0. The van der Waals surface area contributed by atoms with Gasteiger partial charge in [-0.3, -0.25) is 0 Å². The third-order valence-electron chi connectivity index (χ3n) is 0.790. The van der Waals surface area contributed by atoms with E-state index in [0.29, 0.717) is 0 Å². The highest BCUT2D eigenvalue weighted by molar-refractivity contribution is 7.88. The first-order valence-electron chi connectivity index (χ1n) is 2.94. The second kappa shape index (κ2) is 4.25. The van der Waals surface area contributed by atoms with Crippen molar-refractivity contribution in [3.05, 3.63) is 0 Å². The third-order valence-corrected chi connectivity index (χ3v) is 1.46. The molecule has 0 bridgehead atoms. The molecule has 0 radical (unpaired) electrons. The standard InChI is InChI=1S/C5H14N2O2S.ClH/c1-5(2,6)4-7-10(3,8)9;/h7H,4,6H2,1-3H3;1H. The molecule has 0 aliphatic heterocycles. The predicted molar refractivity (Wildman–Crippen MR) is 48.4 cm³/mol. The van der Waals surface area contributed by atoms with Gasteiger partial charge in [0.05, 0.1) is 6.26 Å². The van der Waals surface area contributed by atoms with E-state index in [1.165, 1.54) is 0 Å². The van der Waals surface area contributed by atoms with E-state index in [0.717, 1.165) is 6.26 Å². The second-order valence-corrected chi connectivity index (χ2v) is 4.91. The summed E-state index contributed by atoms with van der Waals surface area (Å²) >= 11 is 0. The molecule has 0 saturated heterocycles. The summed E-state index contributed by atoms with van der Waals surface area (Å²) in [5, 5.41) is 0. The lowest BCUT2D eigenvalue weighted by Crippen LogP contribution is -2.44. The molecule has 0 unspecified atom stereocenters. The van der Waals surface area contributed by atoms with Crippen molar-refractivity contribution >= 4 is 22.4 Å². The summed E-state index contributed by atoms with van der Waals surface area (Å²) in [7, 11) is -3.09. The summed E-state index contributed by atoms with van der Waals surface area (Å²) in [5.41, 5.74) is 5.03. The smallest absolute Gasteiger partial charge is 0.208 e. The minimum absolute atomic E-state index is 0. The molecule has 0 fully saturated rings. The SMILES string of the molecule is CC(C)(N)CNS(C)(=O)=O.Cl. The second-order valence-electron chi connectivity index (χ2n) is 3.08. The van der Waals surface area contributed by atoms with Crippen molar-refractivity contribution in [2.24, 2.45) is 5.73 Å². The van der Waals surface area contributed by atoms with E-state index >= 15 is 0 Å². The number of halogens is 1. The Kier molecular flexibility index (Phi) is 5.31. The molecular formula is C5H15ClN2O2S. The van der Waals surface area contributed by atoms with E-state index in [2.05, 4.69) is 4.72 Å². The summed E-state index contributed by atoms with van der Waals surface area (Å²) in [4.78, 5) is 0. The molecule has 3 N–H and O–H groups in total. The van der Waals surface area contributed by atoms with Gasteiger partial charge in [0.15, 0.2) is 0 Å². The zero-order valence-corrected chi connectivity index (χ0v) is 8.55. The van der Waals surface area contributed by atoms with E-state index < -0.39 is 15.6 Å². The van der Waals surface area contributed by atoms with Gasteiger partial charge in [0.25, 0.3) is 0 Å². The molecule has 6 heteroatoms. The van der Waals surface area contributed by atoms with Crippen LogP contribution in [0.25, 0.3) is 0 Å². The zero-order valence-electron chi connectivity index (χ0n) is 6.92. The lowest BCUT2D eigenvalue weighted by atomic mass is 10.1. The highest BCUT2D eigenvalue weighted by Gasteiger charge is 2.12. The fourth-order valence-corrected chi connectivity index (χ4v) is 0.951. The first-order valence-corrected chi connectivity index (χ1v) is 4.83. The van der Waals surface area contributed by atoms with E-state index in [1.54, 1.807) is 13.8 Å². The topological polar surface area (TPSA) is 72.2 Å². The van der Waals surface area contributed by atoms with Gasteiger partial charge >= 0.3 is 0 Å². The molecule has 0 aliphatic rings. The molecule has 4 nitrogen and oxygen atoms in total. The van der Waals surface area contributed by atoms with Crippen LogP contribution in [0.4, 0.5) is 0 Å². The molecule has 0 aromatic rings. The summed E-state index contributed by atoms with van der Waals surface area (Å²) in [6, 6.07) is 0. The van der Waals surface area contributed by atoms with Crippen molar-refractivity contribution in [3.8, 4) is 0 Å². The lowest BCUT2D eigenvalue weighted by molar-refractivity contribution is 0.499. The molecule has 70 valence electrons. The molecule has 0 amide bonds. The Morgan fingerprint density at radius 3 is 1.91 bits per heavy atom. The Labute approximate surface area is 74.0 Å². The summed E-state index contributed by atoms with van der Waals surface area (Å²) in [6.45, 7) is 3.78. The van der Waals surface area contributed by atoms with Crippen LogP contribution >= 0.6 is 12.4 Å². The van der Waals surface area contributed by atoms with Crippen LogP contribution < -0.4 is 10.5 Å². The van der Waals surface area contributed by atoms with Crippen LogP contribution in [0.1, 0.15) is 13.8 Å². The molecule has 0 rings (SSSR count). The number of hydrogen-bond donors (Lipinski definition) is 2. The Morgan fingerprint density at radius 2 is 1.82 bits per heavy atom. The minimum atomic E-state index is -3.09. The lowest BCUT2D eigenvalue weighted by Gasteiger charge is -2.17. The average Bonchev–Trinajstić information content (AvgIpc) is 1.57. The van der Waals surface area contributed by atoms with Crippen LogP contribution in [0.3, 0.4) is 0 Å². The fourth-order valence-electron chi connectivity index (χ4n) is 0.317. The van der Waals surface area contributed by atoms with Crippen molar-refractivity contribution in [3.63, 3.8) is 0 Å². The van der Waals surface area contributed by atoms with Crippen LogP contribution in [0, 0.1) is 0 Å². The Morgan fingerprint density at radius 1 is 1.45 bits per heavy atom. The number of hydrogen-bond acceptors (Lipinski definition) is 3. The van der Waals surface area contributed by atoms with Gasteiger partial charge in [-0.05, 0) is 13.8 Å². The van der Waals surface area contributed by atoms with Crippen molar-refractivity contribution in [2.45, 2.75) is 19.4 Å². The summed E-state index contributed by atoms with van der Waals surface area (Å²) in [5.74, 6) is 0. The zero-order chi connectivity index (χ0) is 8.41. The van der Waals surface area contributed by atoms with Crippen molar-refractivity contribution < 1.29 is 8.42 Å². The molecule has 0 spiro atoms. The highest BCUT2D eigenvalue weighted by Crippen LogP contribution is 1.93. The molecule has 0 saturated carbocycles. The summed E-state index contributed by atoms with van der Waals surface area (Å²) < 4.78 is 23.3. The number of rotatable bonds is 3. The van der Waals surface area contributed by atoms with Gasteiger partial charge in [0, 0.05) is 12.1 Å². The molecule has 0 atom stereocenters. The quantitative estimate of drug-likeness (QED) is 0.660. The largest absolute Gasteiger partial charge is 0.324 e. The predicted octanol–water partition coefficient (Wildman–Crippen LogP) is -0.305. The highest BCUT2D eigenvalue weighted by atomic mass is 35.5. The van der Waals surface area contributed by atoms with Gasteiger partial charge in [-0.1, -0.05) is 0 Å². The number of sulfonamides is 1. The average molecular weight is 203 g/mol. The molecule has 0 aromatic heterocycles. The molecule has 11 heavy (non-hydrogen) atoms. The molecule has 0 aromatic carbocycles. The van der Waals surface area contributed by atoms with Crippen LogP contribution in [0.5, 0.6) is 0 Å². The normalized spacial score (nSPS) is 12.4. The van der Waals surface area contributed by atoms with Gasteiger partial charge in [0.2, 0.25) is 10.0 Å². The van der Waals surface area contributed by atoms with Gasteiger partial charge in [-0.25, -0.2) is 13.1 Å². The minimum Gasteiger partial charge on any atom is -0.324 e. The maximum atomic E-state index is 10.5. The molecular weight excluding hydrogens is 188 g/mol. The molecule has 0 aliphatic carbocycles. The monoisotopic (exact) mass is 202 g/mol. The maximum absolute atomic E-state index is 10.5. The maximum Gasteiger partial charge on any atom is 0.208 e. The molecule has 0 heterocycles. The van der Waals surface area contributed by atoms with Gasteiger partial charge in [-0.15, -0.1) is 12.4 Å². The van der Waals surface area contributed by atoms with Crippen molar-refractivity contribution in [1.29, 1.82) is 0 Å². The fraction of sp³-hybridized carbons (Fsp3) is 1.00. The number of nitrogens with two attached hydrogens (primary N) is 1. The third kappa shape index (κ3) is 13.2. The van der Waals surface area contributed by atoms with E-state index in [-0.39, 0.29) is 19.0 Å². The van der Waals surface area contributed by atoms with Gasteiger partial charge < -0.3 is 5.73 Å². The van der Waals surface area contributed by atoms with Gasteiger partial charge in [-0.2, -0.15) is 0 Å². The Bertz CT molecular complexity index is 195. The summed E-state index contributed by atoms with van der Waals surface area (Å²) in [6.07, 6.45) is 1.11. The van der Waals surface area contributed by atoms with Crippen LogP contribution in [0.2, 0.25) is 0 Å². The first-order chi connectivity index (χ1) is 4.21. The van der Waals surface area contributed by atoms with E-state index in [1.807, 2.05) is 0 Å². The van der Waals surface area contributed by atoms with Crippen LogP contribution in [0.15, 0.2) is 0 Å². The van der Waals surface area contributed by atoms with Crippen molar-refractivity contribution in [1.82, 2.24) is 4.72 Å². The number of nitrogens with one attached hydrogen (secondary N) is 1. The van der Waals surface area contributed by atoms with Crippen LogP contribution in [-0.4, -0.2) is 26.8 Å². The van der Waals surface area contributed by atoms with Gasteiger partial charge in [0.1, 0.15) is 0 Å². The first kappa shape index (κ1) is 13.7. The van der Waals surface area contributed by atoms with Crippen molar-refractivity contribution in [2.75, 3.05) is 12.8 Å². The van der Waals surface area contributed by atoms with Crippen LogP contribution in [-0.2, 0) is 10.0 Å².